The van der Waals surface area contributed by atoms with Crippen molar-refractivity contribution < 1.29 is 4.21 Å². The topological polar surface area (TPSA) is 17.1 Å². The fraction of sp³-hybridized carbons (Fsp3) is 0.429. The van der Waals surface area contributed by atoms with Gasteiger partial charge in [0, 0.05) is 16.6 Å². The Balaban J connectivity index is 1.97. The normalized spacial score (nSPS) is 29.6. The summed E-state index contributed by atoms with van der Waals surface area (Å²) in [6, 6.07) is 10.3. The van der Waals surface area contributed by atoms with Gasteiger partial charge in [-0.2, -0.15) is 0 Å². The third-order valence-electron chi connectivity index (χ3n) is 2.96. The molecule has 0 amide bonds. The molecule has 0 aromatic heterocycles. The van der Waals surface area contributed by atoms with Crippen LogP contribution >= 0.6 is 11.8 Å². The molecular formula is C14H18OS2. The highest BCUT2D eigenvalue weighted by molar-refractivity contribution is 8.13. The highest BCUT2D eigenvalue weighted by Crippen LogP contribution is 2.37. The van der Waals surface area contributed by atoms with Crippen molar-refractivity contribution in [2.75, 3.05) is 11.5 Å². The molecule has 3 heteroatoms. The molecule has 1 fully saturated rings. The monoisotopic (exact) mass is 266 g/mol. The third-order valence-corrected chi connectivity index (χ3v) is 6.93. The maximum absolute atomic E-state index is 12.0. The van der Waals surface area contributed by atoms with Crippen molar-refractivity contribution in [3.05, 3.63) is 42.0 Å². The van der Waals surface area contributed by atoms with Gasteiger partial charge in [-0.05, 0) is 31.1 Å². The zero-order chi connectivity index (χ0) is 12.1. The highest BCUT2D eigenvalue weighted by Gasteiger charge is 2.33. The van der Waals surface area contributed by atoms with E-state index in [4.69, 9.17) is 0 Å². The molecule has 1 aromatic carbocycles. The molecule has 1 saturated heterocycles. The van der Waals surface area contributed by atoms with Crippen LogP contribution in [-0.4, -0.2) is 19.8 Å². The molecule has 0 spiro atoms. The van der Waals surface area contributed by atoms with Gasteiger partial charge < -0.3 is 0 Å². The molecule has 2 rings (SSSR count). The van der Waals surface area contributed by atoms with Crippen molar-refractivity contribution >= 4 is 28.6 Å². The molecule has 1 aliphatic heterocycles. The summed E-state index contributed by atoms with van der Waals surface area (Å²) in [7, 11) is -0.690. The van der Waals surface area contributed by atoms with Crippen LogP contribution in [0.1, 0.15) is 25.3 Å². The van der Waals surface area contributed by atoms with Gasteiger partial charge in [-0.1, -0.05) is 42.5 Å². The third kappa shape index (κ3) is 3.46. The van der Waals surface area contributed by atoms with Crippen LogP contribution < -0.4 is 0 Å². The first-order valence-electron chi connectivity index (χ1n) is 5.95. The zero-order valence-corrected chi connectivity index (χ0v) is 11.7. The maximum Gasteiger partial charge on any atom is 0.0914 e. The lowest BCUT2D eigenvalue weighted by Gasteiger charge is -2.30. The molecule has 0 aliphatic carbocycles. The van der Waals surface area contributed by atoms with E-state index < -0.39 is 10.8 Å². The summed E-state index contributed by atoms with van der Waals surface area (Å²) in [5.41, 5.74) is 1.21. The van der Waals surface area contributed by atoms with E-state index in [2.05, 4.69) is 31.2 Å². The van der Waals surface area contributed by atoms with E-state index in [1.54, 1.807) is 0 Å². The second-order valence-corrected chi connectivity index (χ2v) is 8.26. The Kier molecular flexibility index (Phi) is 4.46. The van der Waals surface area contributed by atoms with Crippen LogP contribution in [0, 0.1) is 0 Å². The minimum Gasteiger partial charge on any atom is -0.258 e. The van der Waals surface area contributed by atoms with Crippen LogP contribution in [0.15, 0.2) is 36.4 Å². The average Bonchev–Trinajstić information content (AvgIpc) is 2.35. The zero-order valence-electron chi connectivity index (χ0n) is 10.1. The Morgan fingerprint density at radius 1 is 1.41 bits per heavy atom. The smallest absolute Gasteiger partial charge is 0.0914 e. The van der Waals surface area contributed by atoms with Gasteiger partial charge in [0.05, 0.1) is 4.08 Å². The standard InChI is InChI=1S/C14H18OS2/c1-14(16-11-6-12-17(14)15)10-5-9-13-7-3-2-4-8-13/h2-5,7-9H,6,10-12H2,1H3. The molecule has 2 atom stereocenters. The van der Waals surface area contributed by atoms with Crippen molar-refractivity contribution in [3.8, 4) is 0 Å². The van der Waals surface area contributed by atoms with Crippen LogP contribution in [0.4, 0.5) is 0 Å². The molecular weight excluding hydrogens is 248 g/mol. The molecule has 0 saturated carbocycles. The molecule has 0 bridgehead atoms. The van der Waals surface area contributed by atoms with Crippen LogP contribution in [0.2, 0.25) is 0 Å². The lowest BCUT2D eigenvalue weighted by molar-refractivity contribution is 0.663. The summed E-state index contributed by atoms with van der Waals surface area (Å²) in [6.45, 7) is 2.13. The minimum atomic E-state index is -0.690. The van der Waals surface area contributed by atoms with Gasteiger partial charge in [0.2, 0.25) is 0 Å². The first kappa shape index (κ1) is 12.9. The van der Waals surface area contributed by atoms with Gasteiger partial charge in [0.25, 0.3) is 0 Å². The van der Waals surface area contributed by atoms with Crippen molar-refractivity contribution in [1.82, 2.24) is 0 Å². The van der Waals surface area contributed by atoms with Gasteiger partial charge in [0.1, 0.15) is 0 Å². The van der Waals surface area contributed by atoms with Crippen LogP contribution in [-0.2, 0) is 10.8 Å². The van der Waals surface area contributed by atoms with Crippen LogP contribution in [0.3, 0.4) is 0 Å². The number of thioether (sulfide) groups is 1. The van der Waals surface area contributed by atoms with E-state index in [0.29, 0.717) is 0 Å². The van der Waals surface area contributed by atoms with E-state index in [9.17, 15) is 4.21 Å². The van der Waals surface area contributed by atoms with Crippen molar-refractivity contribution in [2.45, 2.75) is 23.8 Å². The van der Waals surface area contributed by atoms with E-state index in [1.165, 1.54) is 5.56 Å². The van der Waals surface area contributed by atoms with Crippen LogP contribution in [0.25, 0.3) is 6.08 Å². The highest BCUT2D eigenvalue weighted by atomic mass is 32.2. The van der Waals surface area contributed by atoms with Gasteiger partial charge in [-0.25, -0.2) is 0 Å². The molecule has 0 radical (unpaired) electrons. The molecule has 1 aliphatic rings. The molecule has 17 heavy (non-hydrogen) atoms. The lowest BCUT2D eigenvalue weighted by atomic mass is 10.2. The number of rotatable bonds is 3. The predicted octanol–water partition coefficient (Wildman–Crippen LogP) is 3.69. The van der Waals surface area contributed by atoms with E-state index in [-0.39, 0.29) is 4.08 Å². The van der Waals surface area contributed by atoms with E-state index >= 15 is 0 Å². The Bertz CT molecular complexity index is 413. The Hall–Kier alpha value is -0.540. The fourth-order valence-corrected chi connectivity index (χ4v) is 5.15. The molecule has 1 aromatic rings. The molecule has 0 N–H and O–H groups in total. The lowest BCUT2D eigenvalue weighted by Crippen LogP contribution is -2.32. The fourth-order valence-electron chi connectivity index (χ4n) is 1.88. The summed E-state index contributed by atoms with van der Waals surface area (Å²) in [6.07, 6.45) is 6.26. The summed E-state index contributed by atoms with van der Waals surface area (Å²) in [4.78, 5) is 0. The summed E-state index contributed by atoms with van der Waals surface area (Å²) >= 11 is 1.86. The van der Waals surface area contributed by atoms with Gasteiger partial charge in [0.15, 0.2) is 0 Å². The van der Waals surface area contributed by atoms with Gasteiger partial charge >= 0.3 is 0 Å². The van der Waals surface area contributed by atoms with Crippen LogP contribution in [0.5, 0.6) is 0 Å². The average molecular weight is 266 g/mol. The Labute approximate surface area is 110 Å². The molecule has 2 unspecified atom stereocenters. The predicted molar refractivity (Wildman–Crippen MR) is 78.6 cm³/mol. The number of hydrogen-bond acceptors (Lipinski definition) is 2. The first-order valence-corrected chi connectivity index (χ1v) is 8.25. The Morgan fingerprint density at radius 2 is 2.18 bits per heavy atom. The van der Waals surface area contributed by atoms with E-state index in [0.717, 1.165) is 24.3 Å². The summed E-state index contributed by atoms with van der Waals surface area (Å²) in [5.74, 6) is 2.00. The second-order valence-electron chi connectivity index (χ2n) is 4.40. The van der Waals surface area contributed by atoms with Gasteiger partial charge in [-0.15, -0.1) is 11.8 Å². The number of benzene rings is 1. The maximum atomic E-state index is 12.0. The SMILES string of the molecule is CC1(CC=Cc2ccccc2)SCCCS1=O. The number of hydrogen-bond donors (Lipinski definition) is 0. The minimum absolute atomic E-state index is 0.0798. The van der Waals surface area contributed by atoms with E-state index in [1.807, 2.05) is 30.0 Å². The Morgan fingerprint density at radius 3 is 2.88 bits per heavy atom. The second kappa shape index (κ2) is 5.87. The summed E-state index contributed by atoms with van der Waals surface area (Å²) < 4.78 is 11.9. The van der Waals surface area contributed by atoms with Crippen molar-refractivity contribution in [1.29, 1.82) is 0 Å². The summed E-state index contributed by atoms with van der Waals surface area (Å²) in [5, 5.41) is 0. The molecule has 1 nitrogen and oxygen atoms in total. The first-order chi connectivity index (χ1) is 8.21. The van der Waals surface area contributed by atoms with Gasteiger partial charge in [-0.3, -0.25) is 4.21 Å². The number of allylic oxidation sites excluding steroid dienone is 1. The van der Waals surface area contributed by atoms with Crippen molar-refractivity contribution in [2.24, 2.45) is 0 Å². The quantitative estimate of drug-likeness (QED) is 0.830. The van der Waals surface area contributed by atoms with Crippen molar-refractivity contribution in [3.63, 3.8) is 0 Å². The largest absolute Gasteiger partial charge is 0.258 e. The molecule has 1 heterocycles. The molecule has 92 valence electrons.